The summed E-state index contributed by atoms with van der Waals surface area (Å²) in [6.07, 6.45) is -4.73. The number of anilines is 1. The van der Waals surface area contributed by atoms with Crippen LogP contribution in [0.25, 0.3) is 11.1 Å². The normalized spacial score (nSPS) is 17.8. The molecule has 1 aromatic heterocycles. The van der Waals surface area contributed by atoms with Gasteiger partial charge in [-0.25, -0.2) is 14.0 Å². The Hall–Kier alpha value is -4.69. The highest BCUT2D eigenvalue weighted by molar-refractivity contribution is 6.17. The molecule has 2 N–H and O–H groups in total. The second-order valence-corrected chi connectivity index (χ2v) is 10.9. The number of carbonyl (C=O) groups is 4. The summed E-state index contributed by atoms with van der Waals surface area (Å²) >= 11 is 0. The van der Waals surface area contributed by atoms with Gasteiger partial charge in [0.1, 0.15) is 17.4 Å². The summed E-state index contributed by atoms with van der Waals surface area (Å²) in [5.41, 5.74) is -2.47. The van der Waals surface area contributed by atoms with Gasteiger partial charge in [-0.2, -0.15) is 13.2 Å². The van der Waals surface area contributed by atoms with Crippen molar-refractivity contribution in [3.63, 3.8) is 0 Å². The highest BCUT2D eigenvalue weighted by Crippen LogP contribution is 2.41. The Balaban J connectivity index is 1.36. The van der Waals surface area contributed by atoms with Gasteiger partial charge in [-0.1, -0.05) is 13.8 Å². The number of likely N-dealkylation sites (N-methyl/N-ethyl adjacent to an activating group) is 1. The van der Waals surface area contributed by atoms with E-state index in [2.05, 4.69) is 10.3 Å². The first-order valence-electron chi connectivity index (χ1n) is 13.4. The zero-order valence-electron chi connectivity index (χ0n) is 23.3. The van der Waals surface area contributed by atoms with E-state index in [1.54, 1.807) is 19.9 Å². The summed E-state index contributed by atoms with van der Waals surface area (Å²) < 4.78 is 58.8. The van der Waals surface area contributed by atoms with E-state index in [1.807, 2.05) is 0 Å². The third kappa shape index (κ3) is 5.12. The van der Waals surface area contributed by atoms with Crippen molar-refractivity contribution in [2.45, 2.75) is 44.4 Å². The fraction of sp³-hybridized carbons (Fsp3) is 0.393. The molecule has 3 aromatic rings. The number of likely N-dealkylation sites (tertiary alicyclic amines) is 1. The van der Waals surface area contributed by atoms with Crippen molar-refractivity contribution >= 4 is 40.5 Å². The average Bonchev–Trinajstić information content (AvgIpc) is 3.40. The van der Waals surface area contributed by atoms with Crippen LogP contribution < -0.4 is 16.0 Å². The molecule has 1 atom stereocenters. The van der Waals surface area contributed by atoms with Gasteiger partial charge in [0.25, 0.3) is 11.8 Å². The van der Waals surface area contributed by atoms with Crippen molar-refractivity contribution < 1.29 is 41.2 Å². The van der Waals surface area contributed by atoms with Gasteiger partial charge in [0, 0.05) is 25.8 Å². The smallest absolute Gasteiger partial charge is 0.408 e. The van der Waals surface area contributed by atoms with Crippen LogP contribution in [0.4, 0.5) is 28.0 Å². The number of fused-ring (bicyclic) bond motifs is 1. The van der Waals surface area contributed by atoms with Crippen molar-refractivity contribution in [2.24, 2.45) is 5.92 Å². The van der Waals surface area contributed by atoms with Crippen molar-refractivity contribution in [1.82, 2.24) is 20.1 Å². The van der Waals surface area contributed by atoms with E-state index in [4.69, 9.17) is 4.42 Å². The van der Waals surface area contributed by atoms with E-state index in [0.29, 0.717) is 29.4 Å². The lowest BCUT2D eigenvalue weighted by Crippen LogP contribution is -2.60. The molecule has 0 radical (unpaired) electrons. The Labute approximate surface area is 241 Å². The minimum Gasteiger partial charge on any atom is -0.408 e. The molecule has 43 heavy (non-hydrogen) atoms. The summed E-state index contributed by atoms with van der Waals surface area (Å²) in [4.78, 5) is 70.9. The lowest BCUT2D eigenvalue weighted by Gasteiger charge is -2.43. The molecule has 0 saturated carbocycles. The Bertz CT molecular complexity index is 1690. The second kappa shape index (κ2) is 10.5. The zero-order valence-corrected chi connectivity index (χ0v) is 23.3. The summed E-state index contributed by atoms with van der Waals surface area (Å²) in [5.74, 6) is -4.61. The number of rotatable bonds is 5. The van der Waals surface area contributed by atoms with E-state index in [0.717, 1.165) is 4.90 Å². The fourth-order valence-electron chi connectivity index (χ4n) is 5.60. The van der Waals surface area contributed by atoms with Crippen molar-refractivity contribution in [3.8, 4) is 0 Å². The third-order valence-electron chi connectivity index (χ3n) is 7.93. The predicted octanol–water partition coefficient (Wildman–Crippen LogP) is 3.49. The molecule has 228 valence electrons. The molecule has 11 nitrogen and oxygen atoms in total. The molecule has 0 bridgehead atoms. The molecule has 15 heteroatoms. The van der Waals surface area contributed by atoms with E-state index >= 15 is 0 Å². The monoisotopic (exact) mass is 605 g/mol. The molecule has 2 saturated heterocycles. The van der Waals surface area contributed by atoms with Gasteiger partial charge in [0.15, 0.2) is 5.58 Å². The summed E-state index contributed by atoms with van der Waals surface area (Å²) in [6, 6.07) is 4.19. The molecule has 2 aliphatic heterocycles. The molecule has 5 amide bonds. The van der Waals surface area contributed by atoms with Crippen LogP contribution in [0, 0.1) is 11.7 Å². The average molecular weight is 606 g/mol. The highest BCUT2D eigenvalue weighted by atomic mass is 19.4. The first kappa shape index (κ1) is 29.8. The number of H-pyrrole nitrogens is 1. The molecular formula is C28H27F4N5O6. The largest absolute Gasteiger partial charge is 0.417 e. The molecule has 2 aliphatic rings. The minimum atomic E-state index is -4.80. The Morgan fingerprint density at radius 3 is 2.35 bits per heavy atom. The number of nitrogens with zero attached hydrogens (tertiary/aromatic N) is 3. The van der Waals surface area contributed by atoms with Crippen molar-refractivity contribution in [1.29, 1.82) is 0 Å². The number of hydrogen-bond donors (Lipinski definition) is 2. The number of carbonyl (C=O) groups excluding carboxylic acids is 4. The number of piperidine rings is 1. The summed E-state index contributed by atoms with van der Waals surface area (Å²) in [7, 11) is 1.35. The van der Waals surface area contributed by atoms with Gasteiger partial charge in [-0.15, -0.1) is 0 Å². The van der Waals surface area contributed by atoms with Crippen LogP contribution in [0.15, 0.2) is 45.6 Å². The van der Waals surface area contributed by atoms with Gasteiger partial charge >= 0.3 is 18.0 Å². The quantitative estimate of drug-likeness (QED) is 0.338. The van der Waals surface area contributed by atoms with Crippen LogP contribution in [0.5, 0.6) is 0 Å². The van der Waals surface area contributed by atoms with Crippen LogP contribution >= 0.6 is 0 Å². The molecule has 2 aromatic carbocycles. The number of halogens is 4. The maximum absolute atomic E-state index is 14.3. The lowest BCUT2D eigenvalue weighted by atomic mass is 9.85. The lowest BCUT2D eigenvalue weighted by molar-refractivity contribution is -0.139. The minimum absolute atomic E-state index is 0.00396. The molecule has 5 rings (SSSR count). The van der Waals surface area contributed by atoms with Crippen molar-refractivity contribution in [3.05, 3.63) is 63.9 Å². The number of nitrogens with one attached hydrogen (secondary N) is 2. The topological polar surface area (TPSA) is 136 Å². The van der Waals surface area contributed by atoms with Crippen LogP contribution in [0.3, 0.4) is 0 Å². The number of amides is 5. The van der Waals surface area contributed by atoms with Crippen LogP contribution in [-0.2, 0) is 15.8 Å². The maximum Gasteiger partial charge on any atom is 0.417 e. The molecule has 1 spiro atoms. The first-order valence-corrected chi connectivity index (χ1v) is 13.4. The number of imide groups is 1. The van der Waals surface area contributed by atoms with E-state index in [-0.39, 0.29) is 31.5 Å². The Kier molecular flexibility index (Phi) is 7.30. The number of aromatic amines is 1. The molecule has 1 unspecified atom stereocenters. The first-order chi connectivity index (χ1) is 20.1. The van der Waals surface area contributed by atoms with Gasteiger partial charge < -0.3 is 14.6 Å². The van der Waals surface area contributed by atoms with Gasteiger partial charge in [0.2, 0.25) is 5.91 Å². The van der Waals surface area contributed by atoms with Gasteiger partial charge in [0.05, 0.1) is 16.6 Å². The molecule has 0 aliphatic carbocycles. The highest BCUT2D eigenvalue weighted by Gasteiger charge is 2.58. The number of alkyl halides is 3. The third-order valence-corrected chi connectivity index (χ3v) is 7.93. The van der Waals surface area contributed by atoms with Crippen LogP contribution in [-0.4, -0.2) is 70.3 Å². The molecule has 3 heterocycles. The SMILES string of the molecule is CC(C)C(NC(=O)c1cc(C(F)(F)F)ccc1F)C(=O)N1CCC2(CC1)C(=O)N(C)C(=O)N2c1ccc2oc(=O)[nH]c2c1. The molecular weight excluding hydrogens is 578 g/mol. The maximum atomic E-state index is 14.3. The van der Waals surface area contributed by atoms with E-state index in [1.165, 1.54) is 29.0 Å². The fourth-order valence-corrected chi connectivity index (χ4v) is 5.60. The van der Waals surface area contributed by atoms with E-state index < -0.39 is 70.1 Å². The number of benzene rings is 2. The predicted molar refractivity (Wildman–Crippen MR) is 144 cm³/mol. The number of oxazole rings is 1. The number of urea groups is 1. The number of aromatic nitrogens is 1. The number of hydrogen-bond acceptors (Lipinski definition) is 6. The van der Waals surface area contributed by atoms with Crippen molar-refractivity contribution in [2.75, 3.05) is 25.0 Å². The van der Waals surface area contributed by atoms with Gasteiger partial charge in [-0.3, -0.25) is 29.2 Å². The molecule has 2 fully saturated rings. The Morgan fingerprint density at radius 2 is 1.72 bits per heavy atom. The van der Waals surface area contributed by atoms with E-state index in [9.17, 15) is 41.5 Å². The van der Waals surface area contributed by atoms with Crippen LogP contribution in [0.2, 0.25) is 0 Å². The second-order valence-electron chi connectivity index (χ2n) is 10.9. The van der Waals surface area contributed by atoms with Gasteiger partial charge in [-0.05, 0) is 55.2 Å². The Morgan fingerprint density at radius 1 is 1.05 bits per heavy atom. The summed E-state index contributed by atoms with van der Waals surface area (Å²) in [6.45, 7) is 3.24. The summed E-state index contributed by atoms with van der Waals surface area (Å²) in [5, 5.41) is 2.37. The van der Waals surface area contributed by atoms with Crippen LogP contribution in [0.1, 0.15) is 42.6 Å². The standard InChI is InChI=1S/C28H27F4N5O6/c1-14(2)21(34-22(38)17-12-15(28(30,31)32)4-6-18(17)29)23(39)36-10-8-27(9-11-36)24(40)35(3)26(42)37(27)16-5-7-20-19(13-16)33-25(41)43-20/h4-7,12-14,21H,8-11H2,1-3H3,(H,33,41)(H,34,38). The zero-order chi connectivity index (χ0) is 31.4.